The molecular weight excluding hydrogens is 190 g/mol. The number of aliphatic hydroxyl groups is 1. The lowest BCUT2D eigenvalue weighted by atomic mass is 9.95. The number of aliphatic hydroxyl groups excluding tert-OH is 1. The fourth-order valence-electron chi connectivity index (χ4n) is 1.46. The van der Waals surface area contributed by atoms with Crippen LogP contribution >= 0.6 is 0 Å². The lowest BCUT2D eigenvalue weighted by Gasteiger charge is -2.30. The lowest BCUT2D eigenvalue weighted by Crippen LogP contribution is -2.40. The molecule has 15 heavy (non-hydrogen) atoms. The largest absolute Gasteiger partial charge is 0.390 e. The highest BCUT2D eigenvalue weighted by molar-refractivity contribution is 5.10. The Labute approximate surface area is 91.1 Å². The molecule has 1 rings (SSSR count). The zero-order valence-electron chi connectivity index (χ0n) is 9.60. The van der Waals surface area contributed by atoms with Gasteiger partial charge in [0.1, 0.15) is 0 Å². The minimum absolute atomic E-state index is 0.509. The van der Waals surface area contributed by atoms with E-state index in [0.717, 1.165) is 5.56 Å². The summed E-state index contributed by atoms with van der Waals surface area (Å²) in [6.07, 6.45) is 3.55. The maximum atomic E-state index is 10.0. The maximum absolute atomic E-state index is 10.0. The van der Waals surface area contributed by atoms with Gasteiger partial charge in [-0.25, -0.2) is 0 Å². The zero-order valence-corrected chi connectivity index (χ0v) is 9.60. The Morgan fingerprint density at radius 3 is 2.80 bits per heavy atom. The third-order valence-electron chi connectivity index (χ3n) is 2.47. The normalized spacial score (nSPS) is 13.9. The van der Waals surface area contributed by atoms with Crippen molar-refractivity contribution in [3.05, 3.63) is 30.1 Å². The molecule has 1 unspecified atom stereocenters. The Morgan fingerprint density at radius 1 is 1.53 bits per heavy atom. The third kappa shape index (κ3) is 3.61. The molecule has 0 radical (unpaired) electrons. The number of pyridine rings is 1. The molecule has 1 atom stereocenters. The van der Waals surface area contributed by atoms with Crippen LogP contribution < -0.4 is 0 Å². The molecule has 0 aromatic carbocycles. The second kappa shape index (κ2) is 5.24. The number of aromatic nitrogens is 1. The van der Waals surface area contributed by atoms with Gasteiger partial charge in [0.05, 0.1) is 11.7 Å². The Morgan fingerprint density at radius 2 is 2.27 bits per heavy atom. The number of nitrogens with zero attached hydrogens (tertiary/aromatic N) is 1. The van der Waals surface area contributed by atoms with E-state index in [2.05, 4.69) is 4.98 Å². The quantitative estimate of drug-likeness (QED) is 0.804. The van der Waals surface area contributed by atoms with Gasteiger partial charge in [-0.2, -0.15) is 0 Å². The van der Waals surface area contributed by atoms with Gasteiger partial charge in [-0.15, -0.1) is 0 Å². The van der Waals surface area contributed by atoms with Crippen LogP contribution in [0.5, 0.6) is 0 Å². The summed E-state index contributed by atoms with van der Waals surface area (Å²) in [5.41, 5.74) is 0.516. The van der Waals surface area contributed by atoms with E-state index in [9.17, 15) is 5.11 Å². The average molecular weight is 209 g/mol. The molecule has 0 bridgehead atoms. The van der Waals surface area contributed by atoms with Crippen molar-refractivity contribution >= 4 is 0 Å². The van der Waals surface area contributed by atoms with Crippen molar-refractivity contribution in [1.29, 1.82) is 0 Å². The maximum Gasteiger partial charge on any atom is 0.0887 e. The van der Waals surface area contributed by atoms with Gasteiger partial charge >= 0.3 is 0 Å². The summed E-state index contributed by atoms with van der Waals surface area (Å²) in [4.78, 5) is 4.01. The van der Waals surface area contributed by atoms with E-state index in [4.69, 9.17) is 4.74 Å². The number of hydrogen-bond acceptors (Lipinski definition) is 3. The first-order chi connectivity index (χ1) is 7.06. The van der Waals surface area contributed by atoms with Crippen molar-refractivity contribution in [3.8, 4) is 0 Å². The fourth-order valence-corrected chi connectivity index (χ4v) is 1.46. The van der Waals surface area contributed by atoms with E-state index in [0.29, 0.717) is 13.0 Å². The molecule has 1 heterocycles. The van der Waals surface area contributed by atoms with Crippen LogP contribution in [0.2, 0.25) is 0 Å². The molecule has 1 N–H and O–H groups in total. The highest BCUT2D eigenvalue weighted by Crippen LogP contribution is 2.18. The molecule has 0 saturated heterocycles. The fraction of sp³-hybridized carbons (Fsp3) is 0.583. The van der Waals surface area contributed by atoms with Gasteiger partial charge in [-0.1, -0.05) is 6.07 Å². The van der Waals surface area contributed by atoms with E-state index in [1.54, 1.807) is 12.4 Å². The highest BCUT2D eigenvalue weighted by Gasteiger charge is 2.28. The summed E-state index contributed by atoms with van der Waals surface area (Å²) >= 11 is 0. The summed E-state index contributed by atoms with van der Waals surface area (Å²) in [5, 5.41) is 10.0. The molecular formula is C12H19NO2. The van der Waals surface area contributed by atoms with Crippen molar-refractivity contribution in [1.82, 2.24) is 4.98 Å². The topological polar surface area (TPSA) is 42.4 Å². The number of rotatable bonds is 5. The molecule has 1 aromatic heterocycles. The van der Waals surface area contributed by atoms with Crippen LogP contribution in [0.15, 0.2) is 24.5 Å². The van der Waals surface area contributed by atoms with Crippen LogP contribution in [0.3, 0.4) is 0 Å². The van der Waals surface area contributed by atoms with Gasteiger partial charge in [-0.3, -0.25) is 4.98 Å². The zero-order chi connectivity index (χ0) is 11.3. The highest BCUT2D eigenvalue weighted by atomic mass is 16.5. The van der Waals surface area contributed by atoms with E-state index in [1.807, 2.05) is 32.9 Å². The summed E-state index contributed by atoms with van der Waals surface area (Å²) in [5.74, 6) is 0. The molecule has 0 fully saturated rings. The van der Waals surface area contributed by atoms with Crippen LogP contribution in [0.25, 0.3) is 0 Å². The van der Waals surface area contributed by atoms with Gasteiger partial charge in [0.25, 0.3) is 0 Å². The Hall–Kier alpha value is -0.930. The van der Waals surface area contributed by atoms with Crippen LogP contribution in [0.4, 0.5) is 0 Å². The van der Waals surface area contributed by atoms with Crippen LogP contribution in [-0.2, 0) is 11.2 Å². The molecule has 84 valence electrons. The first kappa shape index (κ1) is 12.1. The molecule has 0 saturated carbocycles. The molecule has 3 nitrogen and oxygen atoms in total. The van der Waals surface area contributed by atoms with Gasteiger partial charge in [0.15, 0.2) is 0 Å². The molecule has 0 aliphatic rings. The minimum Gasteiger partial charge on any atom is -0.390 e. The van der Waals surface area contributed by atoms with Crippen LogP contribution in [0.1, 0.15) is 26.3 Å². The minimum atomic E-state index is -0.512. The first-order valence-corrected chi connectivity index (χ1v) is 5.27. The second-order valence-electron chi connectivity index (χ2n) is 4.12. The predicted molar refractivity (Wildman–Crippen MR) is 59.7 cm³/mol. The standard InChI is InChI=1S/C12H19NO2/c1-4-15-12(2,3)11(14)8-10-6-5-7-13-9-10/h5-7,9,11,14H,4,8H2,1-3H3. The molecule has 1 aromatic rings. The summed E-state index contributed by atoms with van der Waals surface area (Å²) < 4.78 is 5.49. The summed E-state index contributed by atoms with van der Waals surface area (Å²) in [6, 6.07) is 3.83. The SMILES string of the molecule is CCOC(C)(C)C(O)Cc1cccnc1. The molecule has 3 heteroatoms. The third-order valence-corrected chi connectivity index (χ3v) is 2.47. The van der Waals surface area contributed by atoms with Crippen molar-refractivity contribution in [2.24, 2.45) is 0 Å². The van der Waals surface area contributed by atoms with Gasteiger partial charge in [-0.05, 0) is 32.4 Å². The average Bonchev–Trinajstić information content (AvgIpc) is 2.19. The molecule has 0 spiro atoms. The number of ether oxygens (including phenoxy) is 1. The monoisotopic (exact) mass is 209 g/mol. The van der Waals surface area contributed by atoms with Gasteiger partial charge in [0.2, 0.25) is 0 Å². The molecule has 0 aliphatic carbocycles. The first-order valence-electron chi connectivity index (χ1n) is 5.27. The van der Waals surface area contributed by atoms with Crippen LogP contribution in [0, 0.1) is 0 Å². The molecule has 0 amide bonds. The van der Waals surface area contributed by atoms with Crippen LogP contribution in [-0.4, -0.2) is 28.4 Å². The van der Waals surface area contributed by atoms with Crippen molar-refractivity contribution in [2.45, 2.75) is 38.9 Å². The summed E-state index contributed by atoms with van der Waals surface area (Å²) in [7, 11) is 0. The van der Waals surface area contributed by atoms with E-state index < -0.39 is 11.7 Å². The predicted octanol–water partition coefficient (Wildman–Crippen LogP) is 1.80. The molecule has 0 aliphatic heterocycles. The van der Waals surface area contributed by atoms with Gasteiger partial charge < -0.3 is 9.84 Å². The second-order valence-corrected chi connectivity index (χ2v) is 4.12. The van der Waals surface area contributed by atoms with Gasteiger partial charge in [0, 0.05) is 25.4 Å². The summed E-state index contributed by atoms with van der Waals surface area (Å²) in [6.45, 7) is 6.34. The van der Waals surface area contributed by atoms with Crippen molar-refractivity contribution in [3.63, 3.8) is 0 Å². The van der Waals surface area contributed by atoms with E-state index in [-0.39, 0.29) is 0 Å². The van der Waals surface area contributed by atoms with Crippen molar-refractivity contribution < 1.29 is 9.84 Å². The number of hydrogen-bond donors (Lipinski definition) is 1. The van der Waals surface area contributed by atoms with Crippen molar-refractivity contribution in [2.75, 3.05) is 6.61 Å². The Balaban J connectivity index is 2.59. The van der Waals surface area contributed by atoms with E-state index in [1.165, 1.54) is 0 Å². The Bertz CT molecular complexity index is 285. The Kier molecular flexibility index (Phi) is 4.24. The van der Waals surface area contributed by atoms with E-state index >= 15 is 0 Å². The smallest absolute Gasteiger partial charge is 0.0887 e. The lowest BCUT2D eigenvalue weighted by molar-refractivity contribution is -0.0955.